The van der Waals surface area contributed by atoms with E-state index < -0.39 is 220 Å². The van der Waals surface area contributed by atoms with Crippen molar-refractivity contribution in [1.29, 1.82) is 0 Å². The van der Waals surface area contributed by atoms with E-state index in [1.54, 1.807) is 13.8 Å². The standard InChI is InChI=1S/C52H84N20O21/c1-24(2)15-31-50(93)72-14-6-9-32(72)48(91)69-28(10-11-39(80)81)45(88)71-42(25(3)73)49(92)64-20-35(76)60-18-33(74)59-19-34(75)61-21-36(77)65-26(7-4-12-57-51(53)54)43(86)62-22-37(78)66-29(16-40(82)83)46(89)68-27(8-5-13-58-52(55)56)44(87)63-23-38(79)67-30(17-41(84)85)47(90)70-31/h24-32,42,73H,4-23H2,1-3H3,(H,59,74)(H,60,76)(H,61,75)(H,62,86)(H,63,87)(H,64,92)(H,65,77)(H,66,78)(H,67,79)(H,68,89)(H,69,91)(H,70,90)(H,71,88)(H,80,81)(H,82,83)(H,84,85)(H4,53,54,57)(H4,55,56,58)/t25-,26+,27+,28+,29+,30+,31+,32+,42+/m1/s1. The zero-order chi connectivity index (χ0) is 70.1. The van der Waals surface area contributed by atoms with E-state index in [1.807, 2.05) is 0 Å². The van der Waals surface area contributed by atoms with Crippen molar-refractivity contribution in [3.8, 4) is 0 Å². The number of nitrogens with one attached hydrogen (secondary N) is 13. The van der Waals surface area contributed by atoms with Crippen molar-refractivity contribution in [2.45, 2.75) is 146 Å². The van der Waals surface area contributed by atoms with Gasteiger partial charge in [-0.3, -0.25) is 91.5 Å². The Balaban J connectivity index is 2.60. The van der Waals surface area contributed by atoms with E-state index in [0.717, 1.165) is 11.8 Å². The molecule has 2 heterocycles. The van der Waals surface area contributed by atoms with E-state index in [-0.39, 0.29) is 82.4 Å². The van der Waals surface area contributed by atoms with Gasteiger partial charge in [-0.15, -0.1) is 0 Å². The molecule has 518 valence electrons. The maximum absolute atomic E-state index is 14.4. The molecule has 2 rings (SSSR count). The maximum Gasteiger partial charge on any atom is 0.305 e. The van der Waals surface area contributed by atoms with Crippen LogP contribution in [0.5, 0.6) is 0 Å². The third kappa shape index (κ3) is 31.2. The first-order valence-electron chi connectivity index (χ1n) is 29.1. The van der Waals surface area contributed by atoms with Crippen LogP contribution in [0.3, 0.4) is 0 Å². The summed E-state index contributed by atoms with van der Waals surface area (Å²) in [6.07, 6.45) is -5.79. The van der Waals surface area contributed by atoms with Crippen LogP contribution >= 0.6 is 0 Å². The summed E-state index contributed by atoms with van der Waals surface area (Å²) < 4.78 is 0. The molecular formula is C52H84N20O21. The van der Waals surface area contributed by atoms with Gasteiger partial charge in [-0.1, -0.05) is 13.8 Å². The molecule has 9 atom stereocenters. The number of carbonyl (C=O) groups is 17. The summed E-state index contributed by atoms with van der Waals surface area (Å²) in [5.74, 6) is -20.9. The zero-order valence-electron chi connectivity index (χ0n) is 51.3. The molecule has 2 aliphatic heterocycles. The second-order valence-corrected chi connectivity index (χ2v) is 21.6. The molecule has 0 spiro atoms. The summed E-state index contributed by atoms with van der Waals surface area (Å²) >= 11 is 0. The van der Waals surface area contributed by atoms with Crippen LogP contribution in [0, 0.1) is 5.92 Å². The Morgan fingerprint density at radius 3 is 1.27 bits per heavy atom. The van der Waals surface area contributed by atoms with Crippen LogP contribution in [-0.4, -0.2) is 251 Å². The van der Waals surface area contributed by atoms with Crippen molar-refractivity contribution in [2.24, 2.45) is 38.8 Å². The number of aliphatic hydroxyl groups excluding tert-OH is 1. The first-order valence-corrected chi connectivity index (χ1v) is 29.1. The van der Waals surface area contributed by atoms with Crippen molar-refractivity contribution >= 4 is 113 Å². The highest BCUT2D eigenvalue weighted by Crippen LogP contribution is 2.21. The quantitative estimate of drug-likeness (QED) is 0.0344. The molecule has 2 fully saturated rings. The van der Waals surface area contributed by atoms with Crippen molar-refractivity contribution in [3.05, 3.63) is 0 Å². The summed E-state index contributed by atoms with van der Waals surface area (Å²) in [5.41, 5.74) is 21.6. The summed E-state index contributed by atoms with van der Waals surface area (Å²) in [7, 11) is 0. The lowest BCUT2D eigenvalue weighted by molar-refractivity contribution is -0.144. The SMILES string of the molecule is CC(C)C[C@@H]1NC(=O)[C@H](CC(=O)O)NC(=O)CNC(=O)[C@H](CCCN=C(N)N)NC(=O)[C@H](CC(=O)O)NC(=O)CNC(=O)[C@H](CCCN=C(N)N)NC(=O)CNC(=O)CNC(=O)CNC(=O)CNC(=O)[C@H]([C@@H](C)O)NC(=O)[C@H](CCC(=O)O)NC(=O)[C@@H]2CCCN2C1=O. The minimum Gasteiger partial charge on any atom is -0.481 e. The number of carboxylic acid groups (broad SMARTS) is 3. The molecule has 41 nitrogen and oxygen atoms in total. The van der Waals surface area contributed by atoms with Crippen LogP contribution < -0.4 is 92.1 Å². The van der Waals surface area contributed by atoms with Gasteiger partial charge < -0.3 is 117 Å². The highest BCUT2D eigenvalue weighted by Gasteiger charge is 2.41. The molecule has 0 bridgehead atoms. The number of fused-ring (bicyclic) bond motifs is 1. The lowest BCUT2D eigenvalue weighted by atomic mass is 10.0. The normalized spacial score (nSPS) is 23.7. The van der Waals surface area contributed by atoms with E-state index in [2.05, 4.69) is 79.1 Å². The fraction of sp³-hybridized carbons (Fsp3) is 0.635. The zero-order valence-corrected chi connectivity index (χ0v) is 51.3. The Bertz CT molecular complexity index is 2810. The molecule has 2 aliphatic rings. The molecule has 0 radical (unpaired) electrons. The van der Waals surface area contributed by atoms with Crippen LogP contribution in [0.4, 0.5) is 0 Å². The molecule has 93 heavy (non-hydrogen) atoms. The minimum atomic E-state index is -1.96. The lowest BCUT2D eigenvalue weighted by Crippen LogP contribution is -2.60. The Morgan fingerprint density at radius 2 is 0.839 bits per heavy atom. The van der Waals surface area contributed by atoms with Crippen LogP contribution in [0.25, 0.3) is 0 Å². The number of carboxylic acids is 3. The van der Waals surface area contributed by atoms with Gasteiger partial charge in [0.25, 0.3) is 0 Å². The summed E-state index contributed by atoms with van der Waals surface area (Å²) in [4.78, 5) is 232. The lowest BCUT2D eigenvalue weighted by Gasteiger charge is -2.31. The van der Waals surface area contributed by atoms with E-state index in [9.17, 15) is 102 Å². The minimum absolute atomic E-state index is 0.0400. The average molecular weight is 1330 g/mol. The predicted molar refractivity (Wildman–Crippen MR) is 319 cm³/mol. The second-order valence-electron chi connectivity index (χ2n) is 21.6. The van der Waals surface area contributed by atoms with Gasteiger partial charge in [0.15, 0.2) is 11.9 Å². The number of guanidine groups is 2. The van der Waals surface area contributed by atoms with Gasteiger partial charge in [0.2, 0.25) is 82.7 Å². The van der Waals surface area contributed by atoms with Gasteiger partial charge in [0.1, 0.15) is 48.3 Å². The molecule has 0 unspecified atom stereocenters. The molecule has 25 N–H and O–H groups in total. The van der Waals surface area contributed by atoms with E-state index in [4.69, 9.17) is 22.9 Å². The Hall–Kier alpha value is -10.5. The third-order valence-electron chi connectivity index (χ3n) is 13.3. The van der Waals surface area contributed by atoms with E-state index >= 15 is 0 Å². The molecule has 0 aromatic heterocycles. The molecule has 0 aliphatic carbocycles. The molecular weight excluding hydrogens is 1240 g/mol. The van der Waals surface area contributed by atoms with E-state index in [1.165, 1.54) is 0 Å². The first kappa shape index (κ1) is 78.6. The smallest absolute Gasteiger partial charge is 0.305 e. The Labute approximate surface area is 530 Å². The fourth-order valence-corrected chi connectivity index (χ4v) is 8.84. The molecule has 41 heteroatoms. The van der Waals surface area contributed by atoms with Crippen LogP contribution in [0.15, 0.2) is 9.98 Å². The van der Waals surface area contributed by atoms with Crippen molar-refractivity contribution in [3.63, 3.8) is 0 Å². The Kier molecular flexibility index (Phi) is 34.0. The monoisotopic (exact) mass is 1320 g/mol. The second kappa shape index (κ2) is 40.3. The number of aliphatic hydroxyl groups is 1. The highest BCUT2D eigenvalue weighted by atomic mass is 16.4. The van der Waals surface area contributed by atoms with Gasteiger partial charge in [-0.25, -0.2) is 0 Å². The van der Waals surface area contributed by atoms with Crippen LogP contribution in [-0.2, 0) is 81.5 Å². The number of amides is 14. The molecule has 0 aromatic rings. The summed E-state index contributed by atoms with van der Waals surface area (Å²) in [6.45, 7) is -1.11. The van der Waals surface area contributed by atoms with Gasteiger partial charge >= 0.3 is 17.9 Å². The largest absolute Gasteiger partial charge is 0.481 e. The predicted octanol–water partition coefficient (Wildman–Crippen LogP) is -11.6. The maximum atomic E-state index is 14.4. The molecule has 14 amide bonds. The van der Waals surface area contributed by atoms with E-state index in [0.29, 0.717) is 0 Å². The molecule has 2 saturated heterocycles. The van der Waals surface area contributed by atoms with Gasteiger partial charge in [-0.2, -0.15) is 0 Å². The number of hydrogen-bond donors (Lipinski definition) is 21. The van der Waals surface area contributed by atoms with Gasteiger partial charge in [0.05, 0.1) is 58.2 Å². The average Bonchev–Trinajstić information content (AvgIpc) is 1.78. The van der Waals surface area contributed by atoms with Gasteiger partial charge in [-0.05, 0) is 64.2 Å². The summed E-state index contributed by atoms with van der Waals surface area (Å²) in [5, 5.41) is 68.4. The van der Waals surface area contributed by atoms with Crippen LogP contribution in [0.1, 0.15) is 91.4 Å². The van der Waals surface area contributed by atoms with Crippen molar-refractivity contribution < 1.29 is 102 Å². The van der Waals surface area contributed by atoms with Crippen molar-refractivity contribution in [2.75, 3.05) is 58.9 Å². The Morgan fingerprint density at radius 1 is 0.462 bits per heavy atom. The molecule has 0 saturated carbocycles. The summed E-state index contributed by atoms with van der Waals surface area (Å²) in [6, 6.07) is -13.5. The number of nitrogens with zero attached hydrogens (tertiary/aromatic N) is 3. The number of nitrogens with two attached hydrogens (primary N) is 4. The topological polar surface area (TPSA) is 660 Å². The van der Waals surface area contributed by atoms with Crippen molar-refractivity contribution in [1.82, 2.24) is 74.0 Å². The van der Waals surface area contributed by atoms with Crippen LogP contribution in [0.2, 0.25) is 0 Å². The number of rotatable bonds is 18. The third-order valence-corrected chi connectivity index (χ3v) is 13.3. The van der Waals surface area contributed by atoms with Gasteiger partial charge in [0, 0.05) is 26.1 Å². The first-order chi connectivity index (χ1) is 43.7. The molecule has 0 aromatic carbocycles. The number of aliphatic imine (C=N–C) groups is 2. The fourth-order valence-electron chi connectivity index (χ4n) is 8.84. The number of hydrogen-bond acceptors (Lipinski definition) is 20. The number of carbonyl (C=O) groups excluding carboxylic acids is 14. The highest BCUT2D eigenvalue weighted by molar-refractivity contribution is 6.00. The number of aliphatic carboxylic acids is 3.